The second-order valence-electron chi connectivity index (χ2n) is 10.6. The van der Waals surface area contributed by atoms with Gasteiger partial charge in [0.2, 0.25) is 5.91 Å². The molecule has 0 radical (unpaired) electrons. The van der Waals surface area contributed by atoms with Crippen molar-refractivity contribution in [1.29, 1.82) is 0 Å². The molecule has 1 amide bonds. The third-order valence-electron chi connectivity index (χ3n) is 5.98. The van der Waals surface area contributed by atoms with Crippen molar-refractivity contribution in [3.63, 3.8) is 0 Å². The zero-order chi connectivity index (χ0) is 31.5. The highest BCUT2D eigenvalue weighted by Crippen LogP contribution is 2.39. The molecule has 0 fully saturated rings. The Morgan fingerprint density at radius 1 is 0.929 bits per heavy atom. The summed E-state index contributed by atoms with van der Waals surface area (Å²) in [5, 5.41) is 0. The minimum atomic E-state index is -5.14. The number of nitrogens with zero attached hydrogens (tertiary/aromatic N) is 1. The molecule has 8 nitrogen and oxygen atoms in total. The first-order chi connectivity index (χ1) is 19.4. The topological polar surface area (TPSA) is 99.2 Å². The maximum atomic E-state index is 14.2. The number of hydrogen-bond acceptors (Lipinski definition) is 7. The van der Waals surface area contributed by atoms with E-state index in [9.17, 15) is 31.2 Å². The summed E-state index contributed by atoms with van der Waals surface area (Å²) >= 11 is 0. The van der Waals surface area contributed by atoms with Gasteiger partial charge in [0.1, 0.15) is 18.0 Å². The van der Waals surface area contributed by atoms with E-state index in [2.05, 4.69) is 0 Å². The number of halogens is 3. The van der Waals surface area contributed by atoms with Crippen LogP contribution >= 0.6 is 0 Å². The number of amides is 1. The van der Waals surface area contributed by atoms with Gasteiger partial charge in [0.05, 0.1) is 10.5 Å². The van der Waals surface area contributed by atoms with Gasteiger partial charge in [-0.15, -0.1) is 0 Å². The summed E-state index contributed by atoms with van der Waals surface area (Å²) in [6.45, 7) is 7.68. The highest BCUT2D eigenvalue weighted by Gasteiger charge is 2.45. The van der Waals surface area contributed by atoms with Crippen LogP contribution in [0.1, 0.15) is 60.8 Å². The van der Waals surface area contributed by atoms with Gasteiger partial charge in [-0.2, -0.15) is 21.6 Å². The van der Waals surface area contributed by atoms with Crippen molar-refractivity contribution >= 4 is 27.7 Å². The third-order valence-corrected chi connectivity index (χ3v) is 7.27. The monoisotopic (exact) mass is 607 g/mol. The van der Waals surface area contributed by atoms with Gasteiger partial charge in [0.15, 0.2) is 6.10 Å². The van der Waals surface area contributed by atoms with E-state index in [0.717, 1.165) is 24.3 Å². The number of anilines is 1. The average molecular weight is 608 g/mol. The van der Waals surface area contributed by atoms with Crippen LogP contribution in [0.15, 0.2) is 71.6 Å². The molecule has 3 rings (SSSR count). The Hall–Kier alpha value is -3.90. The molecule has 0 heterocycles. The number of hydrogen-bond donors (Lipinski definition) is 0. The molecular formula is C30H32F3NO7S. The van der Waals surface area contributed by atoms with Crippen LogP contribution in [-0.2, 0) is 30.4 Å². The molecule has 0 bridgehead atoms. The number of benzene rings is 3. The zero-order valence-corrected chi connectivity index (χ0v) is 24.8. The molecule has 0 N–H and O–H groups in total. The molecule has 1 atom stereocenters. The predicted octanol–water partition coefficient (Wildman–Crippen LogP) is 6.52. The molecule has 3 aromatic rings. The molecule has 0 aliphatic heterocycles. The summed E-state index contributed by atoms with van der Waals surface area (Å²) in [7, 11) is -3.22. The van der Waals surface area contributed by atoms with Gasteiger partial charge in [-0.3, -0.25) is 4.79 Å². The van der Waals surface area contributed by atoms with E-state index < -0.39 is 44.4 Å². The van der Waals surface area contributed by atoms with Crippen LogP contribution in [0.2, 0.25) is 0 Å². The Bertz CT molecular complexity index is 1530. The summed E-state index contributed by atoms with van der Waals surface area (Å²) in [5.41, 5.74) is -0.313. The molecule has 42 heavy (non-hydrogen) atoms. The third kappa shape index (κ3) is 8.56. The van der Waals surface area contributed by atoms with E-state index in [1.54, 1.807) is 59.0 Å². The fourth-order valence-electron chi connectivity index (χ4n) is 3.70. The van der Waals surface area contributed by atoms with Crippen molar-refractivity contribution in [3.8, 4) is 5.75 Å². The number of esters is 1. The molecule has 0 saturated carbocycles. The van der Waals surface area contributed by atoms with Crippen LogP contribution < -0.4 is 9.64 Å². The number of alkyl halides is 3. The number of carbonyl (C=O) groups excluding carboxylic acids is 2. The van der Waals surface area contributed by atoms with E-state index in [1.807, 2.05) is 0 Å². The van der Waals surface area contributed by atoms with Crippen molar-refractivity contribution in [2.75, 3.05) is 11.9 Å². The minimum absolute atomic E-state index is 0.168. The second kappa shape index (κ2) is 12.5. The summed E-state index contributed by atoms with van der Waals surface area (Å²) in [4.78, 5) is 25.6. The first-order valence-corrected chi connectivity index (χ1v) is 14.2. The fourth-order valence-corrected chi connectivity index (χ4v) is 4.76. The van der Waals surface area contributed by atoms with Crippen molar-refractivity contribution < 1.29 is 44.8 Å². The Morgan fingerprint density at radius 3 is 2.05 bits per heavy atom. The molecular weight excluding hydrogens is 575 g/mol. The summed E-state index contributed by atoms with van der Waals surface area (Å²) in [6, 6.07) is 14.8. The van der Waals surface area contributed by atoms with Gasteiger partial charge in [0.25, 0.3) is 10.1 Å². The van der Waals surface area contributed by atoms with E-state index in [0.29, 0.717) is 17.0 Å². The van der Waals surface area contributed by atoms with Crippen molar-refractivity contribution in [2.24, 2.45) is 0 Å². The van der Waals surface area contributed by atoms with E-state index in [-0.39, 0.29) is 23.6 Å². The second-order valence-corrected chi connectivity index (χ2v) is 12.1. The van der Waals surface area contributed by atoms with Crippen LogP contribution in [0.5, 0.6) is 5.75 Å². The lowest BCUT2D eigenvalue weighted by atomic mass is 10.0. The highest BCUT2D eigenvalue weighted by molar-refractivity contribution is 7.86. The number of carbonyl (C=O) groups is 2. The van der Waals surface area contributed by atoms with Crippen molar-refractivity contribution in [1.82, 2.24) is 0 Å². The van der Waals surface area contributed by atoms with Gasteiger partial charge >= 0.3 is 12.1 Å². The van der Waals surface area contributed by atoms with Crippen molar-refractivity contribution in [3.05, 3.63) is 89.0 Å². The SMILES string of the molecule is CC(=O)N(C)c1ccc(OCc2ccc(C(OS(=O)(=O)c3ccc(C)cc3)C(F)(F)F)cc2C(=O)OC(C)(C)C)cc1. The fraction of sp³-hybridized carbons (Fsp3) is 0.333. The largest absolute Gasteiger partial charge is 0.489 e. The lowest BCUT2D eigenvalue weighted by Gasteiger charge is -2.24. The Kier molecular flexibility index (Phi) is 9.74. The average Bonchev–Trinajstić information content (AvgIpc) is 2.89. The summed E-state index contributed by atoms with van der Waals surface area (Å²) in [5.74, 6) is -0.724. The van der Waals surface area contributed by atoms with Gasteiger partial charge < -0.3 is 14.4 Å². The maximum absolute atomic E-state index is 14.2. The van der Waals surface area contributed by atoms with Crippen LogP contribution in [-0.4, -0.2) is 39.1 Å². The number of ether oxygens (including phenoxy) is 2. The van der Waals surface area contributed by atoms with Gasteiger partial charge in [-0.05, 0) is 75.7 Å². The van der Waals surface area contributed by atoms with Crippen LogP contribution in [0.3, 0.4) is 0 Å². The van der Waals surface area contributed by atoms with Crippen LogP contribution in [0.4, 0.5) is 18.9 Å². The minimum Gasteiger partial charge on any atom is -0.489 e. The lowest BCUT2D eigenvalue weighted by Crippen LogP contribution is -2.28. The Morgan fingerprint density at radius 2 is 1.52 bits per heavy atom. The standard InChI is InChI=1S/C30H32F3NO7S/c1-19-7-15-25(16-8-19)42(37,38)41-27(30(31,32)33)21-9-10-22(26(17-21)28(36)40-29(3,4)5)18-39-24-13-11-23(12-14-24)34(6)20(2)35/h7-17,27H,18H2,1-6H3. The molecule has 226 valence electrons. The van der Waals surface area contributed by atoms with Gasteiger partial charge in [0, 0.05) is 25.2 Å². The van der Waals surface area contributed by atoms with Gasteiger partial charge in [-0.1, -0.05) is 29.8 Å². The lowest BCUT2D eigenvalue weighted by molar-refractivity contribution is -0.196. The van der Waals surface area contributed by atoms with E-state index in [1.165, 1.54) is 30.0 Å². The molecule has 0 aliphatic rings. The maximum Gasteiger partial charge on any atom is 0.420 e. The molecule has 0 spiro atoms. The summed E-state index contributed by atoms with van der Waals surface area (Å²) in [6.07, 6.45) is -8.04. The van der Waals surface area contributed by atoms with Gasteiger partial charge in [-0.25, -0.2) is 8.98 Å². The first-order valence-electron chi connectivity index (χ1n) is 12.8. The molecule has 0 saturated heterocycles. The number of aryl methyl sites for hydroxylation is 1. The Balaban J connectivity index is 1.97. The van der Waals surface area contributed by atoms with Crippen molar-refractivity contribution in [2.45, 2.75) is 64.0 Å². The van der Waals surface area contributed by atoms with Crippen LogP contribution in [0, 0.1) is 6.92 Å². The van der Waals surface area contributed by atoms with Crippen LogP contribution in [0.25, 0.3) is 0 Å². The molecule has 0 aliphatic carbocycles. The smallest absolute Gasteiger partial charge is 0.420 e. The normalized spacial score (nSPS) is 12.9. The molecule has 3 aromatic carbocycles. The Labute approximate surface area is 243 Å². The first kappa shape index (κ1) is 32.6. The quantitative estimate of drug-likeness (QED) is 0.202. The van der Waals surface area contributed by atoms with E-state index >= 15 is 0 Å². The highest BCUT2D eigenvalue weighted by atomic mass is 32.2. The predicted molar refractivity (Wildman–Crippen MR) is 150 cm³/mol. The number of rotatable bonds is 9. The zero-order valence-electron chi connectivity index (χ0n) is 24.0. The van der Waals surface area contributed by atoms with E-state index in [4.69, 9.17) is 13.7 Å². The molecule has 1 unspecified atom stereocenters. The summed E-state index contributed by atoms with van der Waals surface area (Å²) < 4.78 is 83.9. The molecule has 12 heteroatoms. The molecule has 0 aromatic heterocycles.